The van der Waals surface area contributed by atoms with Gasteiger partial charge in [0, 0.05) is 12.7 Å². The molecular formula is C27H34F2N5O9P. The van der Waals surface area contributed by atoms with Gasteiger partial charge in [0.1, 0.15) is 18.5 Å². The van der Waals surface area contributed by atoms with Crippen LogP contribution in [0.4, 0.5) is 14.6 Å². The van der Waals surface area contributed by atoms with E-state index in [9.17, 15) is 24.4 Å². The second-order valence-corrected chi connectivity index (χ2v) is 11.6. The van der Waals surface area contributed by atoms with E-state index in [1.807, 2.05) is 11.9 Å². The Morgan fingerprint density at radius 1 is 1.27 bits per heavy atom. The molecule has 0 aliphatic carbocycles. The number of esters is 1. The quantitative estimate of drug-likeness (QED) is 0.270. The lowest BCUT2D eigenvalue weighted by atomic mass is 10.1. The normalized spacial score (nSPS) is 24.2. The minimum atomic E-state index is -3.92. The fourth-order valence-electron chi connectivity index (χ4n) is 4.59. The highest BCUT2D eigenvalue weighted by molar-refractivity contribution is 7.34. The number of amides is 1. The number of benzene rings is 1. The van der Waals surface area contributed by atoms with Crippen LogP contribution in [0.2, 0.25) is 0 Å². The third-order valence-electron chi connectivity index (χ3n) is 6.86. The average molecular weight is 642 g/mol. The molecule has 14 nitrogen and oxygen atoms in total. The van der Waals surface area contributed by atoms with Gasteiger partial charge in [-0.15, -0.1) is 0 Å². The molecule has 1 amide bonds. The SMILES string of the molecule is CC(C)OC(=O)[C@H](C)N=[P+]([O-])Oc1ccccc1OC[C@H]1O[C@@H](n2ccc(NC(=O)[C@H]3CCN(C)C3)nc2=O)C(F)(F)[C@@H]1O. The van der Waals surface area contributed by atoms with Gasteiger partial charge in [-0.25, -0.2) is 9.59 Å². The van der Waals surface area contributed by atoms with Gasteiger partial charge in [-0.2, -0.15) is 13.8 Å². The highest BCUT2D eigenvalue weighted by Crippen LogP contribution is 2.43. The molecule has 2 saturated heterocycles. The van der Waals surface area contributed by atoms with E-state index >= 15 is 8.78 Å². The number of likely N-dealkylation sites (tertiary alicyclic amines) is 1. The summed E-state index contributed by atoms with van der Waals surface area (Å²) in [5.74, 6) is -5.42. The Morgan fingerprint density at radius 2 is 1.98 bits per heavy atom. The summed E-state index contributed by atoms with van der Waals surface area (Å²) in [7, 11) is -0.871. The van der Waals surface area contributed by atoms with E-state index in [-0.39, 0.29) is 35.2 Å². The van der Waals surface area contributed by atoms with Crippen LogP contribution in [0.25, 0.3) is 0 Å². The first-order chi connectivity index (χ1) is 20.8. The summed E-state index contributed by atoms with van der Waals surface area (Å²) in [5, 5.41) is 12.9. The number of aliphatic hydroxyl groups excluding tert-OH is 1. The van der Waals surface area contributed by atoms with Crippen LogP contribution in [0.3, 0.4) is 0 Å². The van der Waals surface area contributed by atoms with Crippen molar-refractivity contribution in [3.8, 4) is 11.5 Å². The van der Waals surface area contributed by atoms with Crippen LogP contribution < -0.4 is 25.2 Å². The Labute approximate surface area is 252 Å². The number of nitrogens with zero attached hydrogens (tertiary/aromatic N) is 4. The largest absolute Gasteiger partial charge is 0.575 e. The summed E-state index contributed by atoms with van der Waals surface area (Å²) >= 11 is 0. The number of nitrogens with one attached hydrogen (secondary N) is 1. The van der Waals surface area contributed by atoms with E-state index in [1.165, 1.54) is 37.3 Å². The van der Waals surface area contributed by atoms with Crippen LogP contribution in [-0.2, 0) is 19.1 Å². The number of carbonyl (C=O) groups is 2. The van der Waals surface area contributed by atoms with Crippen molar-refractivity contribution in [1.82, 2.24) is 14.5 Å². The van der Waals surface area contributed by atoms with Crippen molar-refractivity contribution in [2.45, 2.75) is 63.7 Å². The molecule has 0 spiro atoms. The number of para-hydroxylation sites is 2. The number of aromatic nitrogens is 2. The van der Waals surface area contributed by atoms with E-state index in [0.29, 0.717) is 17.5 Å². The monoisotopic (exact) mass is 641 g/mol. The molecular weight excluding hydrogens is 607 g/mol. The van der Waals surface area contributed by atoms with Gasteiger partial charge in [0.2, 0.25) is 17.9 Å². The molecule has 2 aromatic rings. The lowest BCUT2D eigenvalue weighted by molar-refractivity contribution is -0.170. The molecule has 44 heavy (non-hydrogen) atoms. The van der Waals surface area contributed by atoms with Crippen molar-refractivity contribution in [3.05, 3.63) is 47.0 Å². The number of rotatable bonds is 11. The molecule has 4 rings (SSSR count). The van der Waals surface area contributed by atoms with Gasteiger partial charge < -0.3 is 34.4 Å². The Kier molecular flexibility index (Phi) is 10.6. The van der Waals surface area contributed by atoms with Gasteiger partial charge in [0.15, 0.2) is 17.9 Å². The van der Waals surface area contributed by atoms with Gasteiger partial charge in [0.05, 0.1) is 12.0 Å². The standard InChI is InChI=1S/C27H34F2N5O9P/c1-15(2)41-24(37)16(3)32-44(39)43-19-8-6-5-7-18(19)40-14-20-22(35)27(28,29)25(42-20)34-12-10-21(31-26(34)38)30-23(36)17-9-11-33(4)13-17/h5-8,10,12,15-17,20,22,25,35H,9,11,13-14H2,1-4H3,(H,30,31,36,38)/t16-,17-,20+,22+,25+/m0/s1. The zero-order valence-electron chi connectivity index (χ0n) is 24.5. The van der Waals surface area contributed by atoms with Crippen LogP contribution in [0.1, 0.15) is 33.4 Å². The van der Waals surface area contributed by atoms with Crippen molar-refractivity contribution < 1.29 is 47.1 Å². The topological polar surface area (TPSA) is 177 Å². The summed E-state index contributed by atoms with van der Waals surface area (Å²) < 4.78 is 55.8. The maximum absolute atomic E-state index is 15.1. The maximum Gasteiger partial charge on any atom is 0.395 e. The van der Waals surface area contributed by atoms with E-state index in [2.05, 4.69) is 15.0 Å². The highest BCUT2D eigenvalue weighted by Gasteiger charge is 2.60. The fourth-order valence-corrected chi connectivity index (χ4v) is 5.33. The number of hydrogen-bond donors (Lipinski definition) is 2. The third-order valence-corrected chi connectivity index (χ3v) is 7.75. The molecule has 2 aliphatic rings. The number of aliphatic hydroxyl groups is 1. The smallest absolute Gasteiger partial charge is 0.395 e. The molecule has 2 N–H and O–H groups in total. The van der Waals surface area contributed by atoms with Crippen LogP contribution in [0.15, 0.2) is 46.1 Å². The van der Waals surface area contributed by atoms with Gasteiger partial charge in [-0.3, -0.25) is 13.9 Å². The molecule has 0 saturated carbocycles. The molecule has 6 atom stereocenters. The van der Waals surface area contributed by atoms with Crippen LogP contribution in [-0.4, -0.2) is 88.5 Å². The molecule has 3 heterocycles. The minimum Gasteiger partial charge on any atom is -0.575 e. The molecule has 1 aromatic heterocycles. The number of halogens is 2. The van der Waals surface area contributed by atoms with E-state index in [0.717, 1.165) is 12.7 Å². The number of anilines is 1. The second-order valence-electron chi connectivity index (χ2n) is 10.7. The van der Waals surface area contributed by atoms with Crippen molar-refractivity contribution in [1.29, 1.82) is 0 Å². The Hall–Kier alpha value is -3.56. The highest BCUT2D eigenvalue weighted by atomic mass is 31.1. The van der Waals surface area contributed by atoms with Gasteiger partial charge in [-0.1, -0.05) is 16.9 Å². The van der Waals surface area contributed by atoms with Crippen LogP contribution in [0.5, 0.6) is 11.5 Å². The van der Waals surface area contributed by atoms with Crippen molar-refractivity contribution >= 4 is 25.9 Å². The number of hydrogen-bond acceptors (Lipinski definition) is 12. The molecule has 17 heteroatoms. The molecule has 0 bridgehead atoms. The van der Waals surface area contributed by atoms with Crippen molar-refractivity contribution in [2.75, 3.05) is 32.1 Å². The van der Waals surface area contributed by atoms with Gasteiger partial charge in [-0.05, 0) is 59.0 Å². The first-order valence-electron chi connectivity index (χ1n) is 13.8. The molecule has 240 valence electrons. The molecule has 2 fully saturated rings. The maximum atomic E-state index is 15.1. The second kappa shape index (κ2) is 14.0. The van der Waals surface area contributed by atoms with Gasteiger partial charge in [0.25, 0.3) is 0 Å². The summed E-state index contributed by atoms with van der Waals surface area (Å²) in [4.78, 5) is 55.2. The van der Waals surface area contributed by atoms with Crippen LogP contribution >= 0.6 is 8.17 Å². The van der Waals surface area contributed by atoms with Crippen molar-refractivity contribution in [3.63, 3.8) is 0 Å². The first-order valence-corrected chi connectivity index (χ1v) is 15.0. The van der Waals surface area contributed by atoms with E-state index in [4.69, 9.17) is 18.7 Å². The zero-order valence-corrected chi connectivity index (χ0v) is 25.4. The minimum absolute atomic E-state index is 0.0292. The average Bonchev–Trinajstić information content (AvgIpc) is 3.48. The molecule has 0 radical (unpaired) electrons. The van der Waals surface area contributed by atoms with Crippen molar-refractivity contribution in [2.24, 2.45) is 10.7 Å². The number of carbonyl (C=O) groups excluding carboxylic acids is 2. The first kappa shape index (κ1) is 33.3. The zero-order chi connectivity index (χ0) is 32.2. The molecule has 2 aliphatic heterocycles. The summed E-state index contributed by atoms with van der Waals surface area (Å²) in [6, 6.07) is 5.97. The molecule has 1 aromatic carbocycles. The lowest BCUT2D eigenvalue weighted by Gasteiger charge is -2.21. The predicted molar refractivity (Wildman–Crippen MR) is 150 cm³/mol. The number of alkyl halides is 2. The Morgan fingerprint density at radius 3 is 2.61 bits per heavy atom. The summed E-state index contributed by atoms with van der Waals surface area (Å²) in [6.45, 7) is 5.38. The number of ether oxygens (including phenoxy) is 3. The van der Waals surface area contributed by atoms with Crippen LogP contribution in [0, 0.1) is 5.92 Å². The predicted octanol–water partition coefficient (Wildman–Crippen LogP) is 1.68. The Balaban J connectivity index is 1.41. The fraction of sp³-hybridized carbons (Fsp3) is 0.556. The van der Waals surface area contributed by atoms with Gasteiger partial charge >= 0.3 is 25.7 Å². The Bertz CT molecular complexity index is 1440. The van der Waals surface area contributed by atoms with E-state index < -0.39 is 56.8 Å². The summed E-state index contributed by atoms with van der Waals surface area (Å²) in [5.41, 5.74) is -1.12. The third kappa shape index (κ3) is 7.93. The lowest BCUT2D eigenvalue weighted by Crippen LogP contribution is -2.42. The summed E-state index contributed by atoms with van der Waals surface area (Å²) in [6.07, 6.45) is -4.93. The van der Waals surface area contributed by atoms with E-state index in [1.54, 1.807) is 13.8 Å². The molecule has 1 unspecified atom stereocenters.